The molecular formula is C17H21N3O3S2. The number of nitrogens with one attached hydrogen (secondary N) is 2. The zero-order valence-electron chi connectivity index (χ0n) is 14.0. The summed E-state index contributed by atoms with van der Waals surface area (Å²) in [6.07, 6.45) is 0. The van der Waals surface area contributed by atoms with Crippen LogP contribution in [0.4, 0.5) is 5.69 Å². The third-order valence-electron chi connectivity index (χ3n) is 3.48. The summed E-state index contributed by atoms with van der Waals surface area (Å²) in [5.41, 5.74) is 1.74. The van der Waals surface area contributed by atoms with E-state index >= 15 is 0 Å². The Kier molecular flexibility index (Phi) is 6.35. The second-order valence-electron chi connectivity index (χ2n) is 5.39. The lowest BCUT2D eigenvalue weighted by Gasteiger charge is -2.18. The fourth-order valence-electron chi connectivity index (χ4n) is 2.19. The van der Waals surface area contributed by atoms with Crippen LogP contribution in [-0.4, -0.2) is 20.1 Å². The number of rotatable bonds is 6. The number of hydrogen-bond acceptors (Lipinski definition) is 4. The molecule has 6 nitrogen and oxygen atoms in total. The van der Waals surface area contributed by atoms with Gasteiger partial charge in [-0.15, -0.1) is 0 Å². The van der Waals surface area contributed by atoms with E-state index in [0.717, 1.165) is 11.3 Å². The Balaban J connectivity index is 1.95. The topological polar surface area (TPSA) is 93.4 Å². The molecule has 0 bridgehead atoms. The van der Waals surface area contributed by atoms with Crippen LogP contribution in [0, 0.1) is 0 Å². The van der Waals surface area contributed by atoms with Gasteiger partial charge in [0.2, 0.25) is 10.0 Å². The van der Waals surface area contributed by atoms with Gasteiger partial charge in [0.15, 0.2) is 5.11 Å². The number of benzene rings is 2. The van der Waals surface area contributed by atoms with Gasteiger partial charge in [-0.3, -0.25) is 0 Å². The molecule has 1 unspecified atom stereocenters. The molecule has 0 aliphatic heterocycles. The largest absolute Gasteiger partial charge is 0.494 e. The maximum absolute atomic E-state index is 11.2. The van der Waals surface area contributed by atoms with Gasteiger partial charge in [0.1, 0.15) is 5.75 Å². The summed E-state index contributed by atoms with van der Waals surface area (Å²) in [5, 5.41) is 11.7. The molecule has 25 heavy (non-hydrogen) atoms. The lowest BCUT2D eigenvalue weighted by atomic mass is 10.1. The van der Waals surface area contributed by atoms with Gasteiger partial charge in [-0.1, -0.05) is 12.1 Å². The number of primary sulfonamides is 1. The first-order chi connectivity index (χ1) is 11.8. The fraction of sp³-hybridized carbons (Fsp3) is 0.235. The van der Waals surface area contributed by atoms with Crippen LogP contribution in [0.5, 0.6) is 5.75 Å². The van der Waals surface area contributed by atoms with Crippen LogP contribution < -0.4 is 20.5 Å². The van der Waals surface area contributed by atoms with E-state index in [0.29, 0.717) is 17.4 Å². The van der Waals surface area contributed by atoms with E-state index in [4.69, 9.17) is 22.1 Å². The Labute approximate surface area is 153 Å². The van der Waals surface area contributed by atoms with Gasteiger partial charge in [0.25, 0.3) is 0 Å². The minimum absolute atomic E-state index is 0.000584. The maximum atomic E-state index is 11.2. The third-order valence-corrected chi connectivity index (χ3v) is 4.63. The van der Waals surface area contributed by atoms with Gasteiger partial charge in [-0.05, 0) is 68.0 Å². The number of anilines is 1. The van der Waals surface area contributed by atoms with E-state index in [-0.39, 0.29) is 10.9 Å². The highest BCUT2D eigenvalue weighted by Crippen LogP contribution is 2.18. The van der Waals surface area contributed by atoms with Gasteiger partial charge in [-0.25, -0.2) is 13.6 Å². The van der Waals surface area contributed by atoms with Crippen molar-refractivity contribution in [3.63, 3.8) is 0 Å². The van der Waals surface area contributed by atoms with Crippen LogP contribution in [0.25, 0.3) is 0 Å². The molecule has 2 aromatic rings. The van der Waals surface area contributed by atoms with E-state index in [1.807, 2.05) is 38.1 Å². The second-order valence-corrected chi connectivity index (χ2v) is 7.36. The van der Waals surface area contributed by atoms with Crippen LogP contribution >= 0.6 is 12.2 Å². The summed E-state index contributed by atoms with van der Waals surface area (Å²) in [5.74, 6) is 0.828. The molecule has 0 aliphatic rings. The Morgan fingerprint density at radius 1 is 1.16 bits per heavy atom. The van der Waals surface area contributed by atoms with Gasteiger partial charge in [-0.2, -0.15) is 0 Å². The molecule has 134 valence electrons. The van der Waals surface area contributed by atoms with Crippen LogP contribution in [0.3, 0.4) is 0 Å². The second kappa shape index (κ2) is 8.28. The highest BCUT2D eigenvalue weighted by atomic mass is 32.2. The summed E-state index contributed by atoms with van der Waals surface area (Å²) < 4.78 is 27.9. The average Bonchev–Trinajstić information content (AvgIpc) is 2.55. The minimum Gasteiger partial charge on any atom is -0.494 e. The highest BCUT2D eigenvalue weighted by molar-refractivity contribution is 7.89. The van der Waals surface area contributed by atoms with Gasteiger partial charge < -0.3 is 15.4 Å². The Bertz CT molecular complexity index is 819. The van der Waals surface area contributed by atoms with Gasteiger partial charge in [0.05, 0.1) is 17.5 Å². The molecule has 0 fully saturated rings. The Morgan fingerprint density at radius 3 is 2.28 bits per heavy atom. The molecule has 0 saturated heterocycles. The molecular weight excluding hydrogens is 358 g/mol. The van der Waals surface area contributed by atoms with Crippen molar-refractivity contribution in [1.29, 1.82) is 0 Å². The molecule has 0 amide bonds. The van der Waals surface area contributed by atoms with E-state index in [2.05, 4.69) is 10.6 Å². The average molecular weight is 380 g/mol. The fourth-order valence-corrected chi connectivity index (χ4v) is 3.00. The molecule has 0 aliphatic carbocycles. The van der Waals surface area contributed by atoms with Crippen molar-refractivity contribution in [3.05, 3.63) is 54.1 Å². The van der Waals surface area contributed by atoms with Crippen molar-refractivity contribution in [1.82, 2.24) is 5.32 Å². The molecule has 2 aromatic carbocycles. The number of thiocarbonyl (C=S) groups is 1. The SMILES string of the molecule is CCOc1ccc(C(C)NC(=S)Nc2ccc(S(N)(=O)=O)cc2)cc1. The third kappa shape index (κ3) is 5.70. The van der Waals surface area contributed by atoms with E-state index < -0.39 is 10.0 Å². The van der Waals surface area contributed by atoms with E-state index in [1.54, 1.807) is 12.1 Å². The number of hydrogen-bond donors (Lipinski definition) is 3. The number of nitrogens with two attached hydrogens (primary N) is 1. The van der Waals surface area contributed by atoms with Crippen LogP contribution in [0.2, 0.25) is 0 Å². The normalized spacial score (nSPS) is 12.3. The summed E-state index contributed by atoms with van der Waals surface area (Å²) in [6.45, 7) is 4.57. The zero-order chi connectivity index (χ0) is 18.4. The summed E-state index contributed by atoms with van der Waals surface area (Å²) >= 11 is 5.30. The zero-order valence-corrected chi connectivity index (χ0v) is 15.7. The predicted octanol–water partition coefficient (Wildman–Crippen LogP) is 2.78. The smallest absolute Gasteiger partial charge is 0.238 e. The van der Waals surface area contributed by atoms with Gasteiger partial charge >= 0.3 is 0 Å². The van der Waals surface area contributed by atoms with Crippen molar-refractivity contribution in [2.75, 3.05) is 11.9 Å². The molecule has 0 spiro atoms. The monoisotopic (exact) mass is 379 g/mol. The van der Waals surface area contributed by atoms with Crippen molar-refractivity contribution in [2.45, 2.75) is 24.8 Å². The van der Waals surface area contributed by atoms with Crippen LogP contribution in [0.1, 0.15) is 25.5 Å². The molecule has 1 atom stereocenters. The summed E-state index contributed by atoms with van der Waals surface area (Å²) in [6, 6.07) is 13.9. The maximum Gasteiger partial charge on any atom is 0.238 e. The first-order valence-corrected chi connectivity index (χ1v) is 9.68. The Morgan fingerprint density at radius 2 is 1.76 bits per heavy atom. The van der Waals surface area contributed by atoms with Crippen molar-refractivity contribution >= 4 is 33.0 Å². The molecule has 0 heterocycles. The van der Waals surface area contributed by atoms with Gasteiger partial charge in [0, 0.05) is 5.69 Å². The molecule has 8 heteroatoms. The lowest BCUT2D eigenvalue weighted by molar-refractivity contribution is 0.340. The first-order valence-electron chi connectivity index (χ1n) is 7.72. The van der Waals surface area contributed by atoms with Crippen molar-refractivity contribution in [3.8, 4) is 5.75 Å². The Hall–Kier alpha value is -2.16. The van der Waals surface area contributed by atoms with E-state index in [9.17, 15) is 8.42 Å². The van der Waals surface area contributed by atoms with Crippen molar-refractivity contribution in [2.24, 2.45) is 5.14 Å². The van der Waals surface area contributed by atoms with E-state index in [1.165, 1.54) is 12.1 Å². The molecule has 0 radical (unpaired) electrons. The quantitative estimate of drug-likeness (QED) is 0.668. The highest BCUT2D eigenvalue weighted by Gasteiger charge is 2.09. The van der Waals surface area contributed by atoms with Crippen molar-refractivity contribution < 1.29 is 13.2 Å². The minimum atomic E-state index is -3.70. The molecule has 0 saturated carbocycles. The van der Waals surface area contributed by atoms with Crippen LogP contribution in [0.15, 0.2) is 53.4 Å². The first kappa shape index (κ1) is 19.2. The molecule has 4 N–H and O–H groups in total. The molecule has 0 aromatic heterocycles. The lowest BCUT2D eigenvalue weighted by Crippen LogP contribution is -2.30. The number of sulfonamides is 1. The standard InChI is InChI=1S/C17H21N3O3S2/c1-3-23-15-8-4-13(5-9-15)12(2)19-17(24)20-14-6-10-16(11-7-14)25(18,21)22/h4-12H,3H2,1-2H3,(H2,18,21,22)(H2,19,20,24). The number of ether oxygens (including phenoxy) is 1. The summed E-state index contributed by atoms with van der Waals surface area (Å²) in [4.78, 5) is 0.0553. The van der Waals surface area contributed by atoms with Crippen LogP contribution in [-0.2, 0) is 10.0 Å². The molecule has 2 rings (SSSR count). The predicted molar refractivity (Wildman–Crippen MR) is 103 cm³/mol. The summed E-state index contributed by atoms with van der Waals surface area (Å²) in [7, 11) is -3.70.